The number of aromatic nitrogens is 2. The quantitative estimate of drug-likeness (QED) is 0.853. The van der Waals surface area contributed by atoms with E-state index in [1.54, 1.807) is 30.7 Å². The molecule has 4 nitrogen and oxygen atoms in total. The minimum atomic E-state index is -0.0723. The van der Waals surface area contributed by atoms with Crippen LogP contribution in [-0.2, 0) is 6.61 Å². The van der Waals surface area contributed by atoms with Gasteiger partial charge in [0.05, 0.1) is 18.5 Å². The Hall–Kier alpha value is -1.94. The van der Waals surface area contributed by atoms with Crippen LogP contribution in [0.5, 0.6) is 11.5 Å². The van der Waals surface area contributed by atoms with Crippen LogP contribution in [0.1, 0.15) is 11.3 Å². The minimum absolute atomic E-state index is 0.0723. The zero-order chi connectivity index (χ0) is 11.4. The van der Waals surface area contributed by atoms with E-state index in [-0.39, 0.29) is 6.61 Å². The number of hydrogen-bond acceptors (Lipinski definition) is 4. The van der Waals surface area contributed by atoms with E-state index in [1.807, 2.05) is 13.0 Å². The molecule has 2 rings (SSSR count). The summed E-state index contributed by atoms with van der Waals surface area (Å²) in [7, 11) is 0. The Morgan fingerprint density at radius 1 is 1.25 bits per heavy atom. The van der Waals surface area contributed by atoms with E-state index >= 15 is 0 Å². The third kappa shape index (κ3) is 2.17. The van der Waals surface area contributed by atoms with Crippen LogP contribution in [0, 0.1) is 6.92 Å². The second-order valence-corrected chi connectivity index (χ2v) is 3.33. The molecule has 2 aromatic heterocycles. The fourth-order valence-corrected chi connectivity index (χ4v) is 1.33. The summed E-state index contributed by atoms with van der Waals surface area (Å²) in [5.41, 5.74) is 1.51. The smallest absolute Gasteiger partial charge is 0.151 e. The number of aliphatic hydroxyl groups excluding tert-OH is 1. The summed E-state index contributed by atoms with van der Waals surface area (Å²) < 4.78 is 5.65. The molecule has 0 radical (unpaired) electrons. The van der Waals surface area contributed by atoms with Gasteiger partial charge in [0.2, 0.25) is 0 Å². The average molecular weight is 216 g/mol. The van der Waals surface area contributed by atoms with E-state index in [4.69, 9.17) is 9.84 Å². The van der Waals surface area contributed by atoms with Gasteiger partial charge in [-0.2, -0.15) is 0 Å². The number of ether oxygens (including phenoxy) is 1. The first-order valence-corrected chi connectivity index (χ1v) is 4.94. The number of hydrogen-bond donors (Lipinski definition) is 1. The van der Waals surface area contributed by atoms with Gasteiger partial charge in [-0.1, -0.05) is 0 Å². The van der Waals surface area contributed by atoms with Crippen molar-refractivity contribution < 1.29 is 9.84 Å². The van der Waals surface area contributed by atoms with E-state index < -0.39 is 0 Å². The van der Waals surface area contributed by atoms with Gasteiger partial charge in [0.25, 0.3) is 0 Å². The monoisotopic (exact) mass is 216 g/mol. The molecule has 1 N–H and O–H groups in total. The normalized spacial score (nSPS) is 10.1. The van der Waals surface area contributed by atoms with Crippen LogP contribution in [0.15, 0.2) is 36.8 Å². The van der Waals surface area contributed by atoms with Crippen LogP contribution in [0.3, 0.4) is 0 Å². The zero-order valence-corrected chi connectivity index (χ0v) is 8.92. The molecule has 0 aliphatic heterocycles. The Bertz CT molecular complexity index is 486. The van der Waals surface area contributed by atoms with Crippen LogP contribution in [-0.4, -0.2) is 15.1 Å². The number of pyridine rings is 2. The number of aryl methyl sites for hydroxylation is 1. The second kappa shape index (κ2) is 4.72. The van der Waals surface area contributed by atoms with Crippen molar-refractivity contribution in [3.8, 4) is 11.5 Å². The molecule has 4 heteroatoms. The van der Waals surface area contributed by atoms with E-state index in [0.717, 1.165) is 5.69 Å². The molecule has 2 aromatic rings. The van der Waals surface area contributed by atoms with E-state index in [9.17, 15) is 0 Å². The highest BCUT2D eigenvalue weighted by Crippen LogP contribution is 2.25. The standard InChI is InChI=1S/C12H12N2O2/c1-9-11(3-2-5-14-9)16-12-7-13-6-4-10(12)8-15/h2-7,15H,8H2,1H3. The molecule has 0 atom stereocenters. The van der Waals surface area contributed by atoms with Gasteiger partial charge >= 0.3 is 0 Å². The van der Waals surface area contributed by atoms with Crippen molar-refractivity contribution in [1.82, 2.24) is 9.97 Å². The molecule has 0 aliphatic rings. The largest absolute Gasteiger partial charge is 0.453 e. The second-order valence-electron chi connectivity index (χ2n) is 3.33. The van der Waals surface area contributed by atoms with Gasteiger partial charge in [-0.25, -0.2) is 0 Å². The summed E-state index contributed by atoms with van der Waals surface area (Å²) in [6.45, 7) is 1.79. The van der Waals surface area contributed by atoms with E-state index in [2.05, 4.69) is 9.97 Å². The predicted octanol–water partition coefficient (Wildman–Crippen LogP) is 2.07. The first-order chi connectivity index (χ1) is 7.81. The minimum Gasteiger partial charge on any atom is -0.453 e. The number of rotatable bonds is 3. The highest BCUT2D eigenvalue weighted by molar-refractivity contribution is 5.36. The van der Waals surface area contributed by atoms with Crippen LogP contribution < -0.4 is 4.74 Å². The molecule has 82 valence electrons. The summed E-state index contributed by atoms with van der Waals surface area (Å²) >= 11 is 0. The Morgan fingerprint density at radius 2 is 2.12 bits per heavy atom. The number of aliphatic hydroxyl groups is 1. The maximum Gasteiger partial charge on any atom is 0.151 e. The van der Waals surface area contributed by atoms with E-state index in [1.165, 1.54) is 0 Å². The molecule has 0 unspecified atom stereocenters. The van der Waals surface area contributed by atoms with E-state index in [0.29, 0.717) is 17.1 Å². The van der Waals surface area contributed by atoms with Crippen molar-refractivity contribution >= 4 is 0 Å². The number of nitrogens with zero attached hydrogens (tertiary/aromatic N) is 2. The third-order valence-electron chi connectivity index (χ3n) is 2.22. The SMILES string of the molecule is Cc1ncccc1Oc1cnccc1CO. The molecule has 0 bridgehead atoms. The molecule has 0 saturated heterocycles. The van der Waals surface area contributed by atoms with Gasteiger partial charge in [-0.15, -0.1) is 0 Å². The van der Waals surface area contributed by atoms with Gasteiger partial charge in [0.15, 0.2) is 5.75 Å². The fraction of sp³-hybridized carbons (Fsp3) is 0.167. The highest BCUT2D eigenvalue weighted by atomic mass is 16.5. The molecule has 0 spiro atoms. The summed E-state index contributed by atoms with van der Waals surface area (Å²) in [6.07, 6.45) is 4.91. The predicted molar refractivity (Wildman–Crippen MR) is 59.2 cm³/mol. The maximum absolute atomic E-state index is 9.14. The van der Waals surface area contributed by atoms with Crippen LogP contribution in [0.2, 0.25) is 0 Å². The van der Waals surface area contributed by atoms with Gasteiger partial charge < -0.3 is 9.84 Å². The van der Waals surface area contributed by atoms with Gasteiger partial charge in [-0.3, -0.25) is 9.97 Å². The molecule has 0 aliphatic carbocycles. The summed E-state index contributed by atoms with van der Waals surface area (Å²) in [5.74, 6) is 1.23. The van der Waals surface area contributed by atoms with Crippen LogP contribution in [0.4, 0.5) is 0 Å². The zero-order valence-electron chi connectivity index (χ0n) is 8.92. The Morgan fingerprint density at radius 3 is 2.88 bits per heavy atom. The van der Waals surface area contributed by atoms with Gasteiger partial charge in [-0.05, 0) is 25.1 Å². The lowest BCUT2D eigenvalue weighted by Crippen LogP contribution is -1.94. The summed E-state index contributed by atoms with van der Waals surface area (Å²) in [4.78, 5) is 8.09. The first kappa shape index (κ1) is 10.6. The van der Waals surface area contributed by atoms with Gasteiger partial charge in [0.1, 0.15) is 5.75 Å². The van der Waals surface area contributed by atoms with Crippen molar-refractivity contribution in [2.45, 2.75) is 13.5 Å². The summed E-state index contributed by atoms with van der Waals surface area (Å²) in [5, 5.41) is 9.14. The van der Waals surface area contributed by atoms with Crippen molar-refractivity contribution in [1.29, 1.82) is 0 Å². The van der Waals surface area contributed by atoms with Crippen LogP contribution in [0.25, 0.3) is 0 Å². The topological polar surface area (TPSA) is 55.2 Å². The Balaban J connectivity index is 2.30. The lowest BCUT2D eigenvalue weighted by Gasteiger charge is -2.09. The molecular formula is C12H12N2O2. The third-order valence-corrected chi connectivity index (χ3v) is 2.22. The van der Waals surface area contributed by atoms with Crippen molar-refractivity contribution in [2.75, 3.05) is 0 Å². The average Bonchev–Trinajstić information content (AvgIpc) is 2.33. The highest BCUT2D eigenvalue weighted by Gasteiger charge is 2.05. The molecule has 16 heavy (non-hydrogen) atoms. The lowest BCUT2D eigenvalue weighted by molar-refractivity contribution is 0.276. The maximum atomic E-state index is 9.14. The molecule has 0 amide bonds. The van der Waals surface area contributed by atoms with Gasteiger partial charge in [0, 0.05) is 18.0 Å². The lowest BCUT2D eigenvalue weighted by atomic mass is 10.2. The summed E-state index contributed by atoms with van der Waals surface area (Å²) in [6, 6.07) is 5.36. The molecule has 0 fully saturated rings. The molecule has 2 heterocycles. The molecule has 0 aromatic carbocycles. The molecular weight excluding hydrogens is 204 g/mol. The van der Waals surface area contributed by atoms with Crippen molar-refractivity contribution in [3.63, 3.8) is 0 Å². The Labute approximate surface area is 93.6 Å². The molecule has 0 saturated carbocycles. The Kier molecular flexibility index (Phi) is 3.12. The van der Waals surface area contributed by atoms with Crippen molar-refractivity contribution in [2.24, 2.45) is 0 Å². The van der Waals surface area contributed by atoms with Crippen molar-refractivity contribution in [3.05, 3.63) is 48.0 Å². The first-order valence-electron chi connectivity index (χ1n) is 4.94. The van der Waals surface area contributed by atoms with Crippen LogP contribution >= 0.6 is 0 Å². The fourth-order valence-electron chi connectivity index (χ4n) is 1.33.